The van der Waals surface area contributed by atoms with Crippen molar-refractivity contribution >= 4 is 39.2 Å². The van der Waals surface area contributed by atoms with E-state index < -0.39 is 0 Å². The lowest BCUT2D eigenvalue weighted by Crippen LogP contribution is -2.34. The van der Waals surface area contributed by atoms with E-state index in [1.807, 2.05) is 11.0 Å². The first-order chi connectivity index (χ1) is 7.91. The van der Waals surface area contributed by atoms with Crippen molar-refractivity contribution in [1.82, 2.24) is 4.98 Å². The normalized spacial score (nSPS) is 10.6. The molecule has 0 atom stereocenters. The molecule has 94 valence electrons. The van der Waals surface area contributed by atoms with Crippen LogP contribution in [0.2, 0.25) is 5.02 Å². The molecule has 0 aliphatic heterocycles. The number of halogens is 2. The van der Waals surface area contributed by atoms with Crippen LogP contribution in [-0.4, -0.2) is 23.4 Å². The molecule has 1 aromatic rings. The van der Waals surface area contributed by atoms with Gasteiger partial charge >= 0.3 is 0 Å². The van der Waals surface area contributed by atoms with E-state index in [2.05, 4.69) is 34.8 Å². The molecule has 0 spiro atoms. The van der Waals surface area contributed by atoms with Crippen LogP contribution in [0, 0.1) is 5.41 Å². The molecule has 0 radical (unpaired) electrons. The van der Waals surface area contributed by atoms with Crippen LogP contribution in [0.5, 0.6) is 0 Å². The Morgan fingerprint density at radius 2 is 2.29 bits per heavy atom. The highest BCUT2D eigenvalue weighted by Crippen LogP contribution is 2.27. The Hall–Kier alpha value is -0.810. The van der Waals surface area contributed by atoms with E-state index in [1.54, 1.807) is 6.20 Å². The largest absolute Gasteiger partial charge is 0.388 e. The summed E-state index contributed by atoms with van der Waals surface area (Å²) in [7, 11) is 0. The molecule has 1 rings (SSSR count). The Balaban J connectivity index is 2.93. The summed E-state index contributed by atoms with van der Waals surface area (Å²) in [5.41, 5.74) is 5.38. The number of nitrogens with two attached hydrogens (primary N) is 1. The first-order valence-electron chi connectivity index (χ1n) is 5.32. The molecule has 0 aromatic carbocycles. The van der Waals surface area contributed by atoms with Gasteiger partial charge in [0, 0.05) is 29.7 Å². The predicted octanol–water partition coefficient (Wildman–Crippen LogP) is 3.04. The van der Waals surface area contributed by atoms with Gasteiger partial charge in [0.15, 0.2) is 0 Å². The van der Waals surface area contributed by atoms with Crippen molar-refractivity contribution in [2.24, 2.45) is 5.73 Å². The SMILES string of the molecule is CC(C)N(CCC(=N)N)c1ncc(Br)cc1Cl. The number of rotatable bonds is 5. The highest BCUT2D eigenvalue weighted by Gasteiger charge is 2.15. The molecule has 4 nitrogen and oxygen atoms in total. The predicted molar refractivity (Wildman–Crippen MR) is 76.0 cm³/mol. The number of hydrogen-bond donors (Lipinski definition) is 2. The lowest BCUT2D eigenvalue weighted by Gasteiger charge is -2.28. The standard InChI is InChI=1S/C11H16BrClN4/c1-7(2)17(4-3-10(14)15)11-9(13)5-8(12)6-16-11/h5-7H,3-4H2,1-2H3,(H3,14,15). The van der Waals surface area contributed by atoms with Gasteiger partial charge in [0.05, 0.1) is 10.9 Å². The second-order valence-corrected chi connectivity index (χ2v) is 5.34. The van der Waals surface area contributed by atoms with Crippen molar-refractivity contribution in [3.05, 3.63) is 21.8 Å². The third-order valence-corrected chi connectivity index (χ3v) is 3.02. The molecule has 0 saturated heterocycles. The molecule has 0 unspecified atom stereocenters. The number of aromatic nitrogens is 1. The van der Waals surface area contributed by atoms with Crippen LogP contribution in [0.25, 0.3) is 0 Å². The zero-order valence-corrected chi connectivity index (χ0v) is 12.2. The van der Waals surface area contributed by atoms with Crippen LogP contribution in [0.1, 0.15) is 20.3 Å². The molecule has 0 fully saturated rings. The van der Waals surface area contributed by atoms with Crippen molar-refractivity contribution in [3.63, 3.8) is 0 Å². The van der Waals surface area contributed by atoms with Gasteiger partial charge < -0.3 is 10.6 Å². The van der Waals surface area contributed by atoms with Crippen molar-refractivity contribution in [2.45, 2.75) is 26.3 Å². The van der Waals surface area contributed by atoms with Gasteiger partial charge in [0.2, 0.25) is 0 Å². The monoisotopic (exact) mass is 318 g/mol. The number of anilines is 1. The third kappa shape index (κ3) is 4.16. The van der Waals surface area contributed by atoms with Crippen molar-refractivity contribution in [2.75, 3.05) is 11.4 Å². The molecule has 0 bridgehead atoms. The molecular formula is C11H16BrClN4. The molecule has 17 heavy (non-hydrogen) atoms. The van der Waals surface area contributed by atoms with Crippen LogP contribution in [0.3, 0.4) is 0 Å². The van der Waals surface area contributed by atoms with Gasteiger partial charge in [-0.1, -0.05) is 11.6 Å². The lowest BCUT2D eigenvalue weighted by molar-refractivity contribution is 0.679. The number of hydrogen-bond acceptors (Lipinski definition) is 3. The molecule has 1 heterocycles. The highest BCUT2D eigenvalue weighted by molar-refractivity contribution is 9.10. The van der Waals surface area contributed by atoms with Gasteiger partial charge in [-0.2, -0.15) is 0 Å². The van der Waals surface area contributed by atoms with Gasteiger partial charge in [-0.15, -0.1) is 0 Å². The van der Waals surface area contributed by atoms with E-state index in [1.165, 1.54) is 0 Å². The van der Waals surface area contributed by atoms with Crippen LogP contribution < -0.4 is 10.6 Å². The lowest BCUT2D eigenvalue weighted by atomic mass is 10.2. The molecular weight excluding hydrogens is 304 g/mol. The molecule has 3 N–H and O–H groups in total. The van der Waals surface area contributed by atoms with Gasteiger partial charge in [-0.3, -0.25) is 5.41 Å². The Bertz CT molecular complexity index is 408. The van der Waals surface area contributed by atoms with Gasteiger partial charge in [-0.05, 0) is 35.8 Å². The topological polar surface area (TPSA) is 66.0 Å². The molecule has 0 aliphatic rings. The molecule has 0 saturated carbocycles. The average Bonchev–Trinajstić information content (AvgIpc) is 2.20. The smallest absolute Gasteiger partial charge is 0.147 e. The first-order valence-corrected chi connectivity index (χ1v) is 6.49. The zero-order valence-electron chi connectivity index (χ0n) is 9.87. The fourth-order valence-electron chi connectivity index (χ4n) is 1.47. The van der Waals surface area contributed by atoms with E-state index in [0.717, 1.165) is 10.3 Å². The summed E-state index contributed by atoms with van der Waals surface area (Å²) in [4.78, 5) is 6.35. The average molecular weight is 320 g/mol. The minimum Gasteiger partial charge on any atom is -0.388 e. The number of nitrogens with zero attached hydrogens (tertiary/aromatic N) is 2. The quantitative estimate of drug-likeness (QED) is 0.647. The number of pyridine rings is 1. The molecule has 0 amide bonds. The summed E-state index contributed by atoms with van der Waals surface area (Å²) in [6.45, 7) is 4.75. The van der Waals surface area contributed by atoms with Crippen LogP contribution in [0.4, 0.5) is 5.82 Å². The third-order valence-electron chi connectivity index (χ3n) is 2.31. The van der Waals surface area contributed by atoms with Crippen LogP contribution >= 0.6 is 27.5 Å². The first kappa shape index (κ1) is 14.3. The minimum absolute atomic E-state index is 0.170. The second-order valence-electron chi connectivity index (χ2n) is 4.02. The van der Waals surface area contributed by atoms with Crippen molar-refractivity contribution in [3.8, 4) is 0 Å². The summed E-state index contributed by atoms with van der Waals surface area (Å²) in [5.74, 6) is 0.898. The number of amidine groups is 1. The van der Waals surface area contributed by atoms with E-state index in [-0.39, 0.29) is 11.9 Å². The Morgan fingerprint density at radius 3 is 2.76 bits per heavy atom. The summed E-state index contributed by atoms with van der Waals surface area (Å²) in [6, 6.07) is 2.06. The van der Waals surface area contributed by atoms with Gasteiger partial charge in [-0.25, -0.2) is 4.98 Å². The van der Waals surface area contributed by atoms with Crippen LogP contribution in [0.15, 0.2) is 16.7 Å². The maximum atomic E-state index is 7.27. The van der Waals surface area contributed by atoms with Gasteiger partial charge in [0.1, 0.15) is 5.82 Å². The second kappa shape index (κ2) is 6.21. The zero-order chi connectivity index (χ0) is 13.0. The summed E-state index contributed by atoms with van der Waals surface area (Å²) in [6.07, 6.45) is 2.22. The fourth-order valence-corrected chi connectivity index (χ4v) is 2.21. The Labute approximate surface area is 115 Å². The summed E-state index contributed by atoms with van der Waals surface area (Å²) >= 11 is 9.49. The van der Waals surface area contributed by atoms with E-state index in [0.29, 0.717) is 18.0 Å². The molecule has 1 aromatic heterocycles. The summed E-state index contributed by atoms with van der Waals surface area (Å²) < 4.78 is 0.849. The van der Waals surface area contributed by atoms with E-state index in [4.69, 9.17) is 22.7 Å². The molecule has 0 aliphatic carbocycles. The van der Waals surface area contributed by atoms with Crippen molar-refractivity contribution < 1.29 is 0 Å². The maximum absolute atomic E-state index is 7.27. The Kier molecular flexibility index (Phi) is 5.21. The fraction of sp³-hybridized carbons (Fsp3) is 0.455. The van der Waals surface area contributed by atoms with Crippen LogP contribution in [-0.2, 0) is 0 Å². The minimum atomic E-state index is 0.170. The Morgan fingerprint density at radius 1 is 1.65 bits per heavy atom. The van der Waals surface area contributed by atoms with Crippen molar-refractivity contribution in [1.29, 1.82) is 5.41 Å². The summed E-state index contributed by atoms with van der Waals surface area (Å²) in [5, 5.41) is 7.86. The maximum Gasteiger partial charge on any atom is 0.147 e. The highest BCUT2D eigenvalue weighted by atomic mass is 79.9. The molecule has 6 heteroatoms. The number of nitrogens with one attached hydrogen (secondary N) is 1. The van der Waals surface area contributed by atoms with E-state index in [9.17, 15) is 0 Å². The van der Waals surface area contributed by atoms with Gasteiger partial charge in [0.25, 0.3) is 0 Å². The van der Waals surface area contributed by atoms with E-state index >= 15 is 0 Å².